The first-order valence-corrected chi connectivity index (χ1v) is 10.4. The van der Waals surface area contributed by atoms with E-state index in [1.807, 2.05) is 67.6 Å². The molecule has 0 aliphatic heterocycles. The van der Waals surface area contributed by atoms with Crippen LogP contribution in [0.2, 0.25) is 0 Å². The maximum atomic E-state index is 13.2. The van der Waals surface area contributed by atoms with Crippen LogP contribution in [0.15, 0.2) is 84.0 Å². The highest BCUT2D eigenvalue weighted by molar-refractivity contribution is 7.80. The number of carbonyl (C=O) groups excluding carboxylic acids is 1. The molecule has 0 bridgehead atoms. The van der Waals surface area contributed by atoms with Gasteiger partial charge in [-0.05, 0) is 67.2 Å². The molecule has 3 aromatic carbocycles. The number of carbonyl (C=O) groups is 1. The number of thiocarbonyl (C=S) groups is 1. The molecule has 0 aromatic heterocycles. The summed E-state index contributed by atoms with van der Waals surface area (Å²) in [4.78, 5) is 14.8. The highest BCUT2D eigenvalue weighted by atomic mass is 32.1. The number of rotatable bonds is 9. The summed E-state index contributed by atoms with van der Waals surface area (Å²) in [5.74, 6) is 0.752. The number of amides is 1. The average molecular weight is 449 g/mol. The van der Waals surface area contributed by atoms with E-state index in [1.165, 1.54) is 0 Å². The number of hydrazone groups is 1. The van der Waals surface area contributed by atoms with E-state index >= 15 is 0 Å². The molecular weight excluding hydrogens is 424 g/mol. The van der Waals surface area contributed by atoms with Gasteiger partial charge in [0.1, 0.15) is 0 Å². The molecule has 0 aliphatic carbocycles. The van der Waals surface area contributed by atoms with Crippen LogP contribution in [0.4, 0.5) is 11.4 Å². The topological polar surface area (TPSA) is 89.2 Å². The number of nitrogens with one attached hydrogen (secondary N) is 1. The highest BCUT2D eigenvalue weighted by Crippen LogP contribution is 2.29. The fourth-order valence-electron chi connectivity index (χ4n) is 2.96. The summed E-state index contributed by atoms with van der Waals surface area (Å²) in [6.45, 7) is 2.15. The number of ether oxygens (including phenoxy) is 2. The van der Waals surface area contributed by atoms with Gasteiger partial charge in [0, 0.05) is 11.4 Å². The van der Waals surface area contributed by atoms with Gasteiger partial charge >= 0.3 is 0 Å². The van der Waals surface area contributed by atoms with Crippen LogP contribution in [0.25, 0.3) is 0 Å². The monoisotopic (exact) mass is 448 g/mol. The Hall–Kier alpha value is -3.91. The van der Waals surface area contributed by atoms with Crippen LogP contribution < -0.4 is 25.5 Å². The number of para-hydroxylation sites is 2. The molecule has 3 aromatic rings. The first-order valence-electron chi connectivity index (χ1n) is 9.99. The van der Waals surface area contributed by atoms with E-state index in [0.29, 0.717) is 18.1 Å². The van der Waals surface area contributed by atoms with Crippen molar-refractivity contribution < 1.29 is 14.3 Å². The third-order valence-corrected chi connectivity index (χ3v) is 4.38. The molecule has 0 unspecified atom stereocenters. The van der Waals surface area contributed by atoms with Gasteiger partial charge in [-0.1, -0.05) is 36.4 Å². The molecule has 1 amide bonds. The number of nitrogens with zero attached hydrogens (tertiary/aromatic N) is 2. The van der Waals surface area contributed by atoms with Crippen LogP contribution in [0.5, 0.6) is 11.5 Å². The van der Waals surface area contributed by atoms with Crippen LogP contribution in [0.3, 0.4) is 0 Å². The summed E-state index contributed by atoms with van der Waals surface area (Å²) >= 11 is 4.72. The molecule has 0 saturated heterocycles. The Bertz CT molecular complexity index is 1040. The lowest BCUT2D eigenvalue weighted by molar-refractivity contribution is -0.119. The smallest absolute Gasteiger partial charge is 0.269 e. The van der Waals surface area contributed by atoms with Crippen LogP contribution in [-0.4, -0.2) is 30.4 Å². The van der Waals surface area contributed by atoms with Gasteiger partial charge in [0.15, 0.2) is 23.2 Å². The zero-order valence-corrected chi connectivity index (χ0v) is 18.4. The van der Waals surface area contributed by atoms with Crippen LogP contribution >= 0.6 is 12.2 Å². The molecule has 0 spiro atoms. The van der Waals surface area contributed by atoms with Crippen molar-refractivity contribution in [3.05, 3.63) is 84.4 Å². The second-order valence-electron chi connectivity index (χ2n) is 6.56. The summed E-state index contributed by atoms with van der Waals surface area (Å²) < 4.78 is 11.5. The normalized spacial score (nSPS) is 10.5. The molecular formula is C24H24N4O3S. The van der Waals surface area contributed by atoms with Crippen molar-refractivity contribution in [2.75, 3.05) is 18.1 Å². The van der Waals surface area contributed by atoms with Crippen molar-refractivity contribution in [1.29, 1.82) is 0 Å². The minimum atomic E-state index is -0.212. The van der Waals surface area contributed by atoms with Gasteiger partial charge in [-0.25, -0.2) is 0 Å². The van der Waals surface area contributed by atoms with E-state index in [0.717, 1.165) is 16.9 Å². The van der Waals surface area contributed by atoms with Crippen molar-refractivity contribution in [2.24, 2.45) is 10.8 Å². The molecule has 0 fully saturated rings. The molecule has 164 valence electrons. The molecule has 32 heavy (non-hydrogen) atoms. The lowest BCUT2D eigenvalue weighted by atomic mass is 10.2. The standard InChI is InChI=1S/C24H24N4O3S/c1-2-30-22-15-18(16-26-27-24(25)32)13-14-21(22)31-17-23(29)28(19-9-5-3-6-10-19)20-11-7-4-8-12-20/h3-16H,2,17H2,1H3,(H3,25,27,32). The number of hydrogen-bond acceptors (Lipinski definition) is 5. The minimum Gasteiger partial charge on any atom is -0.490 e. The summed E-state index contributed by atoms with van der Waals surface area (Å²) in [6, 6.07) is 24.2. The molecule has 8 heteroatoms. The van der Waals surface area contributed by atoms with Crippen molar-refractivity contribution in [3.8, 4) is 11.5 Å². The Morgan fingerprint density at radius 1 is 1.00 bits per heavy atom. The number of anilines is 2. The molecule has 7 nitrogen and oxygen atoms in total. The molecule has 0 atom stereocenters. The van der Waals surface area contributed by atoms with E-state index in [-0.39, 0.29) is 17.6 Å². The van der Waals surface area contributed by atoms with Gasteiger partial charge < -0.3 is 15.2 Å². The number of nitrogens with two attached hydrogens (primary N) is 1. The predicted octanol–water partition coefficient (Wildman–Crippen LogP) is 4.00. The fraction of sp³-hybridized carbons (Fsp3) is 0.125. The van der Waals surface area contributed by atoms with E-state index in [4.69, 9.17) is 27.4 Å². The van der Waals surface area contributed by atoms with Gasteiger partial charge in [0.25, 0.3) is 5.91 Å². The summed E-state index contributed by atoms with van der Waals surface area (Å²) in [5.41, 5.74) is 10.1. The van der Waals surface area contributed by atoms with Crippen LogP contribution in [-0.2, 0) is 4.79 Å². The van der Waals surface area contributed by atoms with Crippen LogP contribution in [0.1, 0.15) is 12.5 Å². The van der Waals surface area contributed by atoms with Crippen LogP contribution in [0, 0.1) is 0 Å². The summed E-state index contributed by atoms with van der Waals surface area (Å²) in [7, 11) is 0. The number of hydrogen-bond donors (Lipinski definition) is 2. The molecule has 0 radical (unpaired) electrons. The van der Waals surface area contributed by atoms with Gasteiger partial charge in [-0.2, -0.15) is 5.10 Å². The average Bonchev–Trinajstić information content (AvgIpc) is 2.80. The van der Waals surface area contributed by atoms with Crippen molar-refractivity contribution in [1.82, 2.24) is 5.43 Å². The zero-order valence-electron chi connectivity index (χ0n) is 17.6. The van der Waals surface area contributed by atoms with Gasteiger partial charge in [0.05, 0.1) is 12.8 Å². The van der Waals surface area contributed by atoms with E-state index in [1.54, 1.807) is 29.3 Å². The first-order chi connectivity index (χ1) is 15.6. The van der Waals surface area contributed by atoms with E-state index in [2.05, 4.69) is 10.5 Å². The Labute approximate surface area is 192 Å². The third-order valence-electron chi connectivity index (χ3n) is 4.29. The maximum absolute atomic E-state index is 13.2. The van der Waals surface area contributed by atoms with E-state index in [9.17, 15) is 4.79 Å². The zero-order chi connectivity index (χ0) is 22.8. The molecule has 3 N–H and O–H groups in total. The van der Waals surface area contributed by atoms with Gasteiger partial charge in [-0.15, -0.1) is 0 Å². The first kappa shape index (κ1) is 22.8. The highest BCUT2D eigenvalue weighted by Gasteiger charge is 2.19. The second-order valence-corrected chi connectivity index (χ2v) is 7.00. The Morgan fingerprint density at radius 3 is 2.19 bits per heavy atom. The summed E-state index contributed by atoms with van der Waals surface area (Å²) in [6.07, 6.45) is 1.56. The molecule has 0 heterocycles. The van der Waals surface area contributed by atoms with Gasteiger partial charge in [-0.3, -0.25) is 15.1 Å². The molecule has 0 saturated carbocycles. The number of benzene rings is 3. The second kappa shape index (κ2) is 11.5. The Morgan fingerprint density at radius 2 is 1.62 bits per heavy atom. The maximum Gasteiger partial charge on any atom is 0.269 e. The lowest BCUT2D eigenvalue weighted by Gasteiger charge is -2.23. The Balaban J connectivity index is 1.78. The molecule has 3 rings (SSSR count). The van der Waals surface area contributed by atoms with Crippen molar-refractivity contribution >= 4 is 40.8 Å². The largest absolute Gasteiger partial charge is 0.490 e. The molecule has 0 aliphatic rings. The SMILES string of the molecule is CCOc1cc(C=NNC(N)=S)ccc1OCC(=O)N(c1ccccc1)c1ccccc1. The lowest BCUT2D eigenvalue weighted by Crippen LogP contribution is -2.31. The van der Waals surface area contributed by atoms with Crippen molar-refractivity contribution in [3.63, 3.8) is 0 Å². The third kappa shape index (κ3) is 6.29. The van der Waals surface area contributed by atoms with E-state index < -0.39 is 0 Å². The van der Waals surface area contributed by atoms with Gasteiger partial charge in [0.2, 0.25) is 0 Å². The Kier molecular flexibility index (Phi) is 8.16. The summed E-state index contributed by atoms with van der Waals surface area (Å²) in [5, 5.41) is 4.01. The quantitative estimate of drug-likeness (QED) is 0.292. The minimum absolute atomic E-state index is 0.0751. The predicted molar refractivity (Wildman–Crippen MR) is 131 cm³/mol. The van der Waals surface area contributed by atoms with Crippen molar-refractivity contribution in [2.45, 2.75) is 6.92 Å². The fourth-order valence-corrected chi connectivity index (χ4v) is 3.01.